The van der Waals surface area contributed by atoms with Gasteiger partial charge in [0.05, 0.1) is 18.4 Å². The second-order valence-electron chi connectivity index (χ2n) is 5.27. The lowest BCUT2D eigenvalue weighted by Gasteiger charge is -2.13. The van der Waals surface area contributed by atoms with E-state index in [1.165, 1.54) is 12.8 Å². The number of aliphatic hydroxyl groups excluding tert-OH is 1. The molecular weight excluding hydrogens is 256 g/mol. The van der Waals surface area contributed by atoms with Crippen LogP contribution in [-0.2, 0) is 0 Å². The van der Waals surface area contributed by atoms with Crippen LogP contribution < -0.4 is 15.4 Å². The van der Waals surface area contributed by atoms with Gasteiger partial charge in [0, 0.05) is 6.54 Å². The van der Waals surface area contributed by atoms with Crippen molar-refractivity contribution in [3.8, 4) is 5.75 Å². The van der Waals surface area contributed by atoms with E-state index >= 15 is 0 Å². The van der Waals surface area contributed by atoms with E-state index in [1.54, 1.807) is 6.92 Å². The van der Waals surface area contributed by atoms with Gasteiger partial charge in [0.2, 0.25) is 0 Å². The molecule has 2 rings (SSSR count). The maximum Gasteiger partial charge on any atom is 0.319 e. The van der Waals surface area contributed by atoms with Crippen LogP contribution in [0.1, 0.15) is 26.2 Å². The third-order valence-electron chi connectivity index (χ3n) is 3.15. The number of ether oxygens (including phenoxy) is 1. The topological polar surface area (TPSA) is 70.6 Å². The zero-order valence-corrected chi connectivity index (χ0v) is 11.8. The zero-order valence-electron chi connectivity index (χ0n) is 11.8. The largest absolute Gasteiger partial charge is 0.491 e. The molecule has 0 saturated heterocycles. The molecule has 0 heterocycles. The van der Waals surface area contributed by atoms with Gasteiger partial charge in [-0.2, -0.15) is 0 Å². The molecular formula is C15H22N2O3. The van der Waals surface area contributed by atoms with Gasteiger partial charge >= 0.3 is 6.03 Å². The highest BCUT2D eigenvalue weighted by Gasteiger charge is 2.22. The van der Waals surface area contributed by atoms with Crippen molar-refractivity contribution in [3.63, 3.8) is 0 Å². The molecule has 0 spiro atoms. The minimum atomic E-state index is -0.413. The Balaban J connectivity index is 1.82. The Morgan fingerprint density at radius 3 is 2.90 bits per heavy atom. The van der Waals surface area contributed by atoms with Crippen LogP contribution in [0.2, 0.25) is 0 Å². The lowest BCUT2D eigenvalue weighted by atomic mass is 10.3. The summed E-state index contributed by atoms with van der Waals surface area (Å²) < 4.78 is 5.72. The summed E-state index contributed by atoms with van der Waals surface area (Å²) >= 11 is 0. The monoisotopic (exact) mass is 278 g/mol. The van der Waals surface area contributed by atoms with Crippen molar-refractivity contribution >= 4 is 11.7 Å². The van der Waals surface area contributed by atoms with E-state index in [1.807, 2.05) is 24.3 Å². The minimum absolute atomic E-state index is 0.284. The van der Waals surface area contributed by atoms with Crippen LogP contribution in [0.25, 0.3) is 0 Å². The molecule has 3 N–H and O–H groups in total. The molecule has 1 unspecified atom stereocenters. The molecule has 1 aliphatic rings. The van der Waals surface area contributed by atoms with Gasteiger partial charge in [-0.05, 0) is 44.2 Å². The number of nitrogens with one attached hydrogen (secondary N) is 2. The quantitative estimate of drug-likeness (QED) is 0.717. The molecule has 1 atom stereocenters. The standard InChI is InChI=1S/C15H22N2O3/c1-11(18)8-9-16-15(19)17-13-4-2-3-5-14(13)20-10-12-6-7-12/h2-5,11-12,18H,6-10H2,1H3,(H2,16,17,19). The van der Waals surface area contributed by atoms with Gasteiger partial charge in [-0.15, -0.1) is 0 Å². The van der Waals surface area contributed by atoms with Crippen molar-refractivity contribution in [2.75, 3.05) is 18.5 Å². The van der Waals surface area contributed by atoms with Crippen LogP contribution in [0.5, 0.6) is 5.75 Å². The third kappa shape index (κ3) is 5.09. The van der Waals surface area contributed by atoms with E-state index in [4.69, 9.17) is 9.84 Å². The van der Waals surface area contributed by atoms with E-state index in [0.717, 1.165) is 0 Å². The molecule has 1 saturated carbocycles. The van der Waals surface area contributed by atoms with Crippen molar-refractivity contribution < 1.29 is 14.6 Å². The summed E-state index contributed by atoms with van der Waals surface area (Å²) in [5, 5.41) is 14.6. The summed E-state index contributed by atoms with van der Waals surface area (Å²) in [6.45, 7) is 2.84. The van der Waals surface area contributed by atoms with Crippen LogP contribution in [0, 0.1) is 5.92 Å². The van der Waals surface area contributed by atoms with Crippen LogP contribution in [0.15, 0.2) is 24.3 Å². The van der Waals surface area contributed by atoms with Crippen LogP contribution in [0.4, 0.5) is 10.5 Å². The maximum atomic E-state index is 11.7. The Hall–Kier alpha value is -1.75. The average molecular weight is 278 g/mol. The fraction of sp³-hybridized carbons (Fsp3) is 0.533. The summed E-state index contributed by atoms with van der Waals surface area (Å²) in [6, 6.07) is 7.13. The van der Waals surface area contributed by atoms with E-state index in [-0.39, 0.29) is 6.03 Å². The first kappa shape index (κ1) is 14.7. The van der Waals surface area contributed by atoms with Gasteiger partial charge in [0.1, 0.15) is 5.75 Å². The fourth-order valence-corrected chi connectivity index (χ4v) is 1.75. The smallest absolute Gasteiger partial charge is 0.319 e. The third-order valence-corrected chi connectivity index (χ3v) is 3.15. The highest BCUT2D eigenvalue weighted by Crippen LogP contribution is 2.31. The Labute approximate surface area is 119 Å². The molecule has 0 aromatic heterocycles. The molecule has 2 amide bonds. The zero-order chi connectivity index (χ0) is 14.4. The van der Waals surface area contributed by atoms with E-state index in [9.17, 15) is 4.79 Å². The van der Waals surface area contributed by atoms with Crippen molar-refractivity contribution in [2.45, 2.75) is 32.3 Å². The average Bonchev–Trinajstić information content (AvgIpc) is 3.21. The molecule has 0 radical (unpaired) electrons. The molecule has 1 fully saturated rings. The Kier molecular flexibility index (Phi) is 5.24. The second-order valence-corrected chi connectivity index (χ2v) is 5.27. The highest BCUT2D eigenvalue weighted by atomic mass is 16.5. The van der Waals surface area contributed by atoms with E-state index < -0.39 is 6.10 Å². The maximum absolute atomic E-state index is 11.7. The highest BCUT2D eigenvalue weighted by molar-refractivity contribution is 5.90. The molecule has 1 aliphatic carbocycles. The van der Waals surface area contributed by atoms with Crippen LogP contribution in [0.3, 0.4) is 0 Å². The van der Waals surface area contributed by atoms with Gasteiger partial charge in [-0.1, -0.05) is 12.1 Å². The first-order chi connectivity index (χ1) is 9.65. The Morgan fingerprint density at radius 1 is 1.45 bits per heavy atom. The first-order valence-electron chi connectivity index (χ1n) is 7.10. The van der Waals surface area contributed by atoms with Crippen molar-refractivity contribution in [1.82, 2.24) is 5.32 Å². The minimum Gasteiger partial charge on any atom is -0.491 e. The first-order valence-corrected chi connectivity index (χ1v) is 7.10. The summed E-state index contributed by atoms with van der Waals surface area (Å²) in [5.41, 5.74) is 0.669. The summed E-state index contributed by atoms with van der Waals surface area (Å²) in [4.78, 5) is 11.7. The van der Waals surface area contributed by atoms with Crippen LogP contribution >= 0.6 is 0 Å². The SMILES string of the molecule is CC(O)CCNC(=O)Nc1ccccc1OCC1CC1. The number of carbonyl (C=O) groups excluding carboxylic acids is 1. The number of aliphatic hydroxyl groups is 1. The van der Waals surface area contributed by atoms with Gasteiger partial charge in [-0.3, -0.25) is 0 Å². The Bertz CT molecular complexity index is 444. The van der Waals surface area contributed by atoms with E-state index in [2.05, 4.69) is 10.6 Å². The van der Waals surface area contributed by atoms with Crippen LogP contribution in [-0.4, -0.2) is 30.4 Å². The Morgan fingerprint density at radius 2 is 2.20 bits per heavy atom. The number of para-hydroxylation sites is 2. The summed E-state index contributed by atoms with van der Waals surface area (Å²) in [7, 11) is 0. The summed E-state index contributed by atoms with van der Waals surface area (Å²) in [6.07, 6.45) is 2.59. The normalized spacial score (nSPS) is 15.5. The van der Waals surface area contributed by atoms with E-state index in [0.29, 0.717) is 36.9 Å². The molecule has 0 aliphatic heterocycles. The number of carbonyl (C=O) groups is 1. The van der Waals surface area contributed by atoms with Crippen molar-refractivity contribution in [2.24, 2.45) is 5.92 Å². The number of hydrogen-bond acceptors (Lipinski definition) is 3. The summed E-state index contributed by atoms with van der Waals surface area (Å²) in [5.74, 6) is 1.37. The predicted octanol–water partition coefficient (Wildman–Crippen LogP) is 2.37. The van der Waals surface area contributed by atoms with Crippen molar-refractivity contribution in [3.05, 3.63) is 24.3 Å². The number of hydrogen-bond donors (Lipinski definition) is 3. The molecule has 0 bridgehead atoms. The number of urea groups is 1. The van der Waals surface area contributed by atoms with Gasteiger partial charge in [0.15, 0.2) is 0 Å². The molecule has 5 heteroatoms. The number of amides is 2. The van der Waals surface area contributed by atoms with Gasteiger partial charge in [-0.25, -0.2) is 4.79 Å². The molecule has 1 aromatic carbocycles. The second kappa shape index (κ2) is 7.14. The lowest BCUT2D eigenvalue weighted by molar-refractivity contribution is 0.184. The number of benzene rings is 1. The predicted molar refractivity (Wildman–Crippen MR) is 78.0 cm³/mol. The lowest BCUT2D eigenvalue weighted by Crippen LogP contribution is -2.31. The molecule has 5 nitrogen and oxygen atoms in total. The van der Waals surface area contributed by atoms with Crippen molar-refractivity contribution in [1.29, 1.82) is 0 Å². The number of anilines is 1. The fourth-order valence-electron chi connectivity index (χ4n) is 1.75. The van der Waals surface area contributed by atoms with Gasteiger partial charge in [0.25, 0.3) is 0 Å². The van der Waals surface area contributed by atoms with Gasteiger partial charge < -0.3 is 20.5 Å². The molecule has 110 valence electrons. The molecule has 1 aromatic rings. The number of rotatable bonds is 7. The molecule has 20 heavy (non-hydrogen) atoms.